The van der Waals surface area contributed by atoms with Crippen LogP contribution in [0.2, 0.25) is 0 Å². The third kappa shape index (κ3) is 9.05. The molecule has 16 heteroatoms. The summed E-state index contributed by atoms with van der Waals surface area (Å²) in [5, 5.41) is 43.7. The van der Waals surface area contributed by atoms with Gasteiger partial charge < -0.3 is 36.2 Å². The normalized spacial score (nSPS) is 13.1. The number of nitrogens with zero attached hydrogens (tertiary/aromatic N) is 1. The number of rotatable bonds is 15. The molecule has 0 bridgehead atoms. The van der Waals surface area contributed by atoms with Gasteiger partial charge in [-0.15, -0.1) is 0 Å². The first kappa shape index (κ1) is 44.0. The van der Waals surface area contributed by atoms with Gasteiger partial charge in [-0.3, -0.25) is 24.5 Å². The fourth-order valence-electron chi connectivity index (χ4n) is 7.79. The number of benzene rings is 6. The number of unbranched alkanes of at least 4 members (excludes halogenated alkanes) is 3. The number of ether oxygens (including phenoxy) is 1. The number of phenols is 1. The maximum absolute atomic E-state index is 14.8. The fraction of sp³-hybridized carbons (Fsp3) is 0.120. The minimum Gasteiger partial charge on any atom is -0.505 e. The summed E-state index contributed by atoms with van der Waals surface area (Å²) in [5.41, 5.74) is 3.06. The molecule has 0 spiro atoms. The summed E-state index contributed by atoms with van der Waals surface area (Å²) in [6.45, 7) is 4.33. The van der Waals surface area contributed by atoms with Gasteiger partial charge >= 0.3 is 5.97 Å². The van der Waals surface area contributed by atoms with E-state index in [1.54, 1.807) is 24.3 Å². The molecule has 332 valence electrons. The van der Waals surface area contributed by atoms with E-state index in [4.69, 9.17) is 4.74 Å². The Balaban J connectivity index is 0.843. The molecule has 8 rings (SSSR count). The Labute approximate surface area is 374 Å². The molecule has 0 radical (unpaired) electrons. The van der Waals surface area contributed by atoms with Crippen LogP contribution < -0.4 is 36.4 Å². The number of fused-ring (bicyclic) bond motifs is 3. The van der Waals surface area contributed by atoms with Crippen molar-refractivity contribution in [3.8, 4) is 17.2 Å². The van der Waals surface area contributed by atoms with Crippen LogP contribution in [0.5, 0.6) is 17.2 Å². The number of aromatic hydroxyl groups is 1. The van der Waals surface area contributed by atoms with E-state index in [-0.39, 0.29) is 66.9 Å². The lowest BCUT2D eigenvalue weighted by Crippen LogP contribution is -2.26. The van der Waals surface area contributed by atoms with Crippen LogP contribution in [0.4, 0.5) is 25.8 Å². The molecular weight excluding hydrogens is 853 g/mol. The summed E-state index contributed by atoms with van der Waals surface area (Å²) in [4.78, 5) is 62.9. The van der Waals surface area contributed by atoms with E-state index in [1.165, 1.54) is 42.5 Å². The van der Waals surface area contributed by atoms with Crippen LogP contribution in [0.3, 0.4) is 0 Å². The van der Waals surface area contributed by atoms with Crippen molar-refractivity contribution in [1.82, 2.24) is 10.6 Å². The van der Waals surface area contributed by atoms with Gasteiger partial charge in [0.05, 0.1) is 21.8 Å². The van der Waals surface area contributed by atoms with E-state index in [9.17, 15) is 48.3 Å². The smallest absolute Gasteiger partial charge is 0.336 e. The number of phenolic OH excluding ortho intramolecular Hbond substituents is 1. The number of halogens is 2. The number of hydrogen-bond donors (Lipinski definition) is 6. The largest absolute Gasteiger partial charge is 0.505 e. The molecule has 2 aliphatic heterocycles. The number of aromatic carboxylic acids is 1. The lowest BCUT2D eigenvalue weighted by molar-refractivity contribution is -0.384. The third-order valence-electron chi connectivity index (χ3n) is 11.1. The standard InChI is InChI=1S/C50H39F2N5O9/c1-27-21-42-36(24-38(27)51)44(37-25-39(52)41(58)26-43(37)66-42)33-17-13-30(22-34(33)50(62)63)48(60)54-20-8-3-2-7-19-53-47(59)29-11-14-31(15-12-29)55-46(28-9-5-4-6-10-28)45-35-23-32(57(64)65)16-18-40(35)56-49(45)61/h4-6,9-18,21-26,55,58H,1-3,7-8,19-20H2,(H,53,59)(H,54,60)(H,56,61)(H,62,63)/b46-45-. The van der Waals surface area contributed by atoms with Crippen LogP contribution in [-0.2, 0) is 4.79 Å². The van der Waals surface area contributed by atoms with E-state index in [0.717, 1.165) is 31.0 Å². The Kier molecular flexibility index (Phi) is 12.4. The Morgan fingerprint density at radius 2 is 1.41 bits per heavy atom. The molecule has 0 saturated heterocycles. The van der Waals surface area contributed by atoms with E-state index in [0.29, 0.717) is 59.7 Å². The van der Waals surface area contributed by atoms with Crippen molar-refractivity contribution in [3.63, 3.8) is 0 Å². The molecular formula is C50H39F2N5O9. The Hall–Kier alpha value is -8.66. The summed E-state index contributed by atoms with van der Waals surface area (Å²) in [7, 11) is 0. The van der Waals surface area contributed by atoms with Gasteiger partial charge in [-0.05, 0) is 84.6 Å². The first-order chi connectivity index (χ1) is 31.8. The lowest BCUT2D eigenvalue weighted by Gasteiger charge is -2.23. The van der Waals surface area contributed by atoms with Crippen molar-refractivity contribution in [2.24, 2.45) is 0 Å². The number of amides is 3. The minimum absolute atomic E-state index is 0.00722. The summed E-state index contributed by atoms with van der Waals surface area (Å²) in [6.07, 6.45) is 2.74. The number of carbonyl (C=O) groups is 4. The molecule has 14 nitrogen and oxygen atoms in total. The number of anilines is 2. The highest BCUT2D eigenvalue weighted by Gasteiger charge is 2.31. The van der Waals surface area contributed by atoms with Gasteiger partial charge in [0.1, 0.15) is 17.3 Å². The van der Waals surface area contributed by atoms with Crippen LogP contribution in [0.1, 0.15) is 79.0 Å². The molecule has 6 N–H and O–H groups in total. The highest BCUT2D eigenvalue weighted by molar-refractivity contribution is 6.37. The van der Waals surface area contributed by atoms with Crippen LogP contribution in [-0.4, -0.2) is 51.9 Å². The monoisotopic (exact) mass is 891 g/mol. The first-order valence-electron chi connectivity index (χ1n) is 20.7. The van der Waals surface area contributed by atoms with Gasteiger partial charge in [-0.1, -0.05) is 55.8 Å². The number of non-ortho nitro benzene ring substituents is 1. The number of nitro benzene ring substituents is 1. The summed E-state index contributed by atoms with van der Waals surface area (Å²) < 4.78 is 35.3. The summed E-state index contributed by atoms with van der Waals surface area (Å²) >= 11 is 0. The molecule has 6 aromatic carbocycles. The Morgan fingerprint density at radius 3 is 2.09 bits per heavy atom. The molecule has 0 saturated carbocycles. The SMILES string of the molecule is C=c1cc2c(cc1F)=C(c1ccc(C(=O)NCCCCCCNC(=O)c3ccc(N/C(=C4\C(=O)Nc5ccc([N+](=O)[O-])cc54)c4ccccc4)cc3)cc1C(=O)O)c1cc(F)c(O)cc1O2. The van der Waals surface area contributed by atoms with Crippen LogP contribution in [0.15, 0.2) is 115 Å². The van der Waals surface area contributed by atoms with Gasteiger partial charge in [-0.2, -0.15) is 0 Å². The van der Waals surface area contributed by atoms with Gasteiger partial charge in [0.25, 0.3) is 23.4 Å². The molecule has 3 amide bonds. The van der Waals surface area contributed by atoms with Gasteiger partial charge in [0.15, 0.2) is 11.6 Å². The molecule has 2 heterocycles. The highest BCUT2D eigenvalue weighted by Crippen LogP contribution is 2.41. The lowest BCUT2D eigenvalue weighted by atomic mass is 9.88. The number of carboxylic acids is 1. The first-order valence-corrected chi connectivity index (χ1v) is 20.7. The van der Waals surface area contributed by atoms with Gasteiger partial charge in [0, 0.05) is 80.9 Å². The zero-order chi connectivity index (χ0) is 46.6. The average molecular weight is 892 g/mol. The molecule has 0 unspecified atom stereocenters. The number of carboxylic acid groups (broad SMARTS) is 1. The zero-order valence-electron chi connectivity index (χ0n) is 34.9. The molecule has 2 aliphatic rings. The van der Waals surface area contributed by atoms with Crippen molar-refractivity contribution in [1.29, 1.82) is 0 Å². The fourth-order valence-corrected chi connectivity index (χ4v) is 7.79. The van der Waals surface area contributed by atoms with Crippen LogP contribution in [0.25, 0.3) is 23.4 Å². The highest BCUT2D eigenvalue weighted by atomic mass is 19.1. The van der Waals surface area contributed by atoms with Crippen molar-refractivity contribution in [3.05, 3.63) is 186 Å². The van der Waals surface area contributed by atoms with E-state index in [2.05, 4.69) is 27.8 Å². The summed E-state index contributed by atoms with van der Waals surface area (Å²) in [5.74, 6) is -4.88. The molecule has 66 heavy (non-hydrogen) atoms. The van der Waals surface area contributed by atoms with E-state index < -0.39 is 40.1 Å². The van der Waals surface area contributed by atoms with E-state index in [1.807, 2.05) is 30.3 Å². The zero-order valence-corrected chi connectivity index (χ0v) is 34.9. The Morgan fingerprint density at radius 1 is 0.727 bits per heavy atom. The second-order valence-electron chi connectivity index (χ2n) is 15.5. The Bertz CT molecular complexity index is 3140. The van der Waals surface area contributed by atoms with Crippen molar-refractivity contribution in [2.45, 2.75) is 25.7 Å². The second-order valence-corrected chi connectivity index (χ2v) is 15.5. The third-order valence-corrected chi connectivity index (χ3v) is 11.1. The number of nitro groups is 1. The molecule has 0 aromatic heterocycles. The van der Waals surface area contributed by atoms with Crippen LogP contribution in [0, 0.1) is 21.7 Å². The summed E-state index contributed by atoms with van der Waals surface area (Å²) in [6, 6.07) is 28.4. The van der Waals surface area contributed by atoms with E-state index >= 15 is 0 Å². The van der Waals surface area contributed by atoms with Crippen molar-refractivity contribution >= 4 is 64.2 Å². The minimum atomic E-state index is -1.39. The molecule has 0 atom stereocenters. The van der Waals surface area contributed by atoms with Crippen LogP contribution >= 0.6 is 0 Å². The molecule has 0 aliphatic carbocycles. The maximum atomic E-state index is 14.8. The average Bonchev–Trinajstić information content (AvgIpc) is 3.64. The predicted octanol–water partition coefficient (Wildman–Crippen LogP) is 7.69. The van der Waals surface area contributed by atoms with Gasteiger partial charge in [-0.25, -0.2) is 13.6 Å². The number of nitrogens with one attached hydrogen (secondary N) is 4. The predicted molar refractivity (Wildman–Crippen MR) is 243 cm³/mol. The van der Waals surface area contributed by atoms with Crippen molar-refractivity contribution < 1.29 is 47.8 Å². The van der Waals surface area contributed by atoms with Crippen molar-refractivity contribution in [2.75, 3.05) is 23.7 Å². The maximum Gasteiger partial charge on any atom is 0.336 e. The topological polar surface area (TPSA) is 209 Å². The second kappa shape index (κ2) is 18.6. The number of hydrogen-bond acceptors (Lipinski definition) is 9. The van der Waals surface area contributed by atoms with Gasteiger partial charge in [0.2, 0.25) is 0 Å². The quantitative estimate of drug-likeness (QED) is 0.0256. The number of carbonyl (C=O) groups excluding carboxylic acids is 3. The molecule has 6 aromatic rings. The molecule has 0 fully saturated rings.